The second-order valence-corrected chi connectivity index (χ2v) is 5.37. The van der Waals surface area contributed by atoms with Crippen LogP contribution in [0.2, 0.25) is 0 Å². The number of aromatic nitrogens is 1. The van der Waals surface area contributed by atoms with E-state index >= 15 is 0 Å². The third kappa shape index (κ3) is 5.02. The van der Waals surface area contributed by atoms with Crippen LogP contribution in [0, 0.1) is 5.92 Å². The van der Waals surface area contributed by atoms with Crippen molar-refractivity contribution >= 4 is 15.9 Å². The molecule has 0 amide bonds. The molecule has 1 aromatic heterocycles. The van der Waals surface area contributed by atoms with Crippen molar-refractivity contribution in [2.75, 3.05) is 13.1 Å². The summed E-state index contributed by atoms with van der Waals surface area (Å²) in [5.41, 5.74) is -0.115. The largest absolute Gasteiger partial charge is 0.390 e. The minimum Gasteiger partial charge on any atom is -0.390 e. The van der Waals surface area contributed by atoms with Gasteiger partial charge >= 0.3 is 0 Å². The number of hydrogen-bond acceptors (Lipinski definition) is 3. The van der Waals surface area contributed by atoms with Crippen molar-refractivity contribution in [2.24, 2.45) is 5.92 Å². The summed E-state index contributed by atoms with van der Waals surface area (Å²) in [7, 11) is 0. The lowest BCUT2D eigenvalue weighted by atomic mass is 10.2. The number of pyridine rings is 1. The first-order valence-corrected chi connectivity index (χ1v) is 6.53. The highest BCUT2D eigenvalue weighted by atomic mass is 79.9. The van der Waals surface area contributed by atoms with E-state index in [1.165, 1.54) is 4.57 Å². The Labute approximate surface area is 110 Å². The molecule has 4 nitrogen and oxygen atoms in total. The van der Waals surface area contributed by atoms with Gasteiger partial charge in [0.1, 0.15) is 0 Å². The summed E-state index contributed by atoms with van der Waals surface area (Å²) in [6.07, 6.45) is 1.12. The Bertz CT molecular complexity index is 404. The van der Waals surface area contributed by atoms with E-state index in [0.29, 0.717) is 23.5 Å². The van der Waals surface area contributed by atoms with Crippen molar-refractivity contribution in [3.63, 3.8) is 0 Å². The van der Waals surface area contributed by atoms with E-state index in [0.717, 1.165) is 6.54 Å². The van der Waals surface area contributed by atoms with Crippen LogP contribution in [-0.4, -0.2) is 28.9 Å². The molecule has 0 fully saturated rings. The Balaban J connectivity index is 2.48. The van der Waals surface area contributed by atoms with Gasteiger partial charge in [-0.1, -0.05) is 13.8 Å². The smallest absolute Gasteiger partial charge is 0.264 e. The molecule has 1 atom stereocenters. The normalized spacial score (nSPS) is 13.0. The molecule has 96 valence electrons. The van der Waals surface area contributed by atoms with Gasteiger partial charge in [-0.3, -0.25) is 4.79 Å². The molecule has 0 saturated heterocycles. The predicted molar refractivity (Wildman–Crippen MR) is 72.1 cm³/mol. The average Bonchev–Trinajstić information content (AvgIpc) is 2.24. The van der Waals surface area contributed by atoms with E-state index in [1.54, 1.807) is 18.3 Å². The number of rotatable bonds is 6. The maximum atomic E-state index is 11.7. The standard InChI is InChI=1S/C12H19BrN2O2/c1-9(2)6-14-7-10(16)8-15-5-3-4-11(13)12(15)17/h3-5,9-10,14,16H,6-8H2,1-2H3. The zero-order valence-electron chi connectivity index (χ0n) is 10.2. The number of hydrogen-bond donors (Lipinski definition) is 2. The number of nitrogens with zero attached hydrogens (tertiary/aromatic N) is 1. The van der Waals surface area contributed by atoms with Crippen molar-refractivity contribution in [3.8, 4) is 0 Å². The van der Waals surface area contributed by atoms with Gasteiger partial charge in [0.05, 0.1) is 17.1 Å². The average molecular weight is 303 g/mol. The van der Waals surface area contributed by atoms with Gasteiger partial charge in [0.2, 0.25) is 0 Å². The molecular formula is C12H19BrN2O2. The van der Waals surface area contributed by atoms with Gasteiger partial charge in [-0.15, -0.1) is 0 Å². The fraction of sp³-hybridized carbons (Fsp3) is 0.583. The minimum absolute atomic E-state index is 0.115. The molecule has 1 aromatic rings. The fourth-order valence-electron chi connectivity index (χ4n) is 1.48. The van der Waals surface area contributed by atoms with E-state index < -0.39 is 6.10 Å². The molecule has 0 bridgehead atoms. The summed E-state index contributed by atoms with van der Waals surface area (Å²) in [4.78, 5) is 11.7. The van der Waals surface area contributed by atoms with Crippen LogP contribution in [0.25, 0.3) is 0 Å². The summed E-state index contributed by atoms with van der Waals surface area (Å²) < 4.78 is 2.02. The Kier molecular flexibility index (Phi) is 5.88. The molecule has 0 aromatic carbocycles. The topological polar surface area (TPSA) is 54.3 Å². The van der Waals surface area contributed by atoms with Crippen LogP contribution in [0.4, 0.5) is 0 Å². The summed E-state index contributed by atoms with van der Waals surface area (Å²) in [5.74, 6) is 0.552. The maximum absolute atomic E-state index is 11.7. The highest BCUT2D eigenvalue weighted by Crippen LogP contribution is 2.01. The van der Waals surface area contributed by atoms with Crippen LogP contribution in [0.5, 0.6) is 0 Å². The number of nitrogens with one attached hydrogen (secondary N) is 1. The van der Waals surface area contributed by atoms with Crippen molar-refractivity contribution in [1.82, 2.24) is 9.88 Å². The quantitative estimate of drug-likeness (QED) is 0.831. The minimum atomic E-state index is -0.555. The lowest BCUT2D eigenvalue weighted by molar-refractivity contribution is 0.149. The van der Waals surface area contributed by atoms with Gasteiger partial charge in [-0.05, 0) is 40.5 Å². The molecular weight excluding hydrogens is 284 g/mol. The molecule has 0 saturated carbocycles. The first-order valence-electron chi connectivity index (χ1n) is 5.74. The molecule has 1 heterocycles. The van der Waals surface area contributed by atoms with Gasteiger partial charge in [-0.25, -0.2) is 0 Å². The van der Waals surface area contributed by atoms with E-state index in [1.807, 2.05) is 0 Å². The Morgan fingerprint density at radius 3 is 2.82 bits per heavy atom. The van der Waals surface area contributed by atoms with Crippen LogP contribution >= 0.6 is 15.9 Å². The van der Waals surface area contributed by atoms with Crippen molar-refractivity contribution in [3.05, 3.63) is 33.2 Å². The van der Waals surface area contributed by atoms with Gasteiger partial charge in [0, 0.05) is 12.7 Å². The molecule has 0 radical (unpaired) electrons. The second kappa shape index (κ2) is 6.93. The molecule has 0 aliphatic rings. The first kappa shape index (κ1) is 14.4. The van der Waals surface area contributed by atoms with Crippen LogP contribution in [0.3, 0.4) is 0 Å². The number of halogens is 1. The van der Waals surface area contributed by atoms with E-state index in [4.69, 9.17) is 0 Å². The third-order valence-electron chi connectivity index (χ3n) is 2.31. The van der Waals surface area contributed by atoms with Gasteiger partial charge in [0.25, 0.3) is 5.56 Å². The van der Waals surface area contributed by atoms with Crippen molar-refractivity contribution in [2.45, 2.75) is 26.5 Å². The molecule has 0 spiro atoms. The molecule has 1 unspecified atom stereocenters. The van der Waals surface area contributed by atoms with E-state index in [2.05, 4.69) is 35.1 Å². The van der Waals surface area contributed by atoms with Crippen LogP contribution < -0.4 is 10.9 Å². The third-order valence-corrected chi connectivity index (χ3v) is 2.92. The highest BCUT2D eigenvalue weighted by Gasteiger charge is 2.07. The predicted octanol–water partition coefficient (Wildman–Crippen LogP) is 1.22. The van der Waals surface area contributed by atoms with Gasteiger partial charge < -0.3 is 15.0 Å². The zero-order valence-corrected chi connectivity index (χ0v) is 11.8. The molecule has 0 aliphatic heterocycles. The lowest BCUT2D eigenvalue weighted by Gasteiger charge is -2.14. The maximum Gasteiger partial charge on any atom is 0.264 e. The van der Waals surface area contributed by atoms with E-state index in [-0.39, 0.29) is 5.56 Å². The first-order chi connectivity index (χ1) is 8.00. The zero-order chi connectivity index (χ0) is 12.8. The Morgan fingerprint density at radius 1 is 1.47 bits per heavy atom. The highest BCUT2D eigenvalue weighted by molar-refractivity contribution is 9.10. The molecule has 5 heteroatoms. The SMILES string of the molecule is CC(C)CNCC(O)Cn1cccc(Br)c1=O. The number of aliphatic hydroxyl groups is 1. The van der Waals surface area contributed by atoms with Crippen LogP contribution in [-0.2, 0) is 6.54 Å². The van der Waals surface area contributed by atoms with Crippen LogP contribution in [0.15, 0.2) is 27.6 Å². The van der Waals surface area contributed by atoms with Crippen LogP contribution in [0.1, 0.15) is 13.8 Å². The van der Waals surface area contributed by atoms with Gasteiger partial charge in [0.15, 0.2) is 0 Å². The molecule has 2 N–H and O–H groups in total. The van der Waals surface area contributed by atoms with Crippen molar-refractivity contribution < 1.29 is 5.11 Å². The van der Waals surface area contributed by atoms with Crippen molar-refractivity contribution in [1.29, 1.82) is 0 Å². The monoisotopic (exact) mass is 302 g/mol. The van der Waals surface area contributed by atoms with E-state index in [9.17, 15) is 9.90 Å². The fourth-order valence-corrected chi connectivity index (χ4v) is 1.86. The molecule has 0 aliphatic carbocycles. The molecule has 1 rings (SSSR count). The summed E-state index contributed by atoms with van der Waals surface area (Å²) >= 11 is 3.18. The second-order valence-electron chi connectivity index (χ2n) is 4.52. The van der Waals surface area contributed by atoms with Gasteiger partial charge in [-0.2, -0.15) is 0 Å². The molecule has 17 heavy (non-hydrogen) atoms. The lowest BCUT2D eigenvalue weighted by Crippen LogP contribution is -2.35. The summed E-state index contributed by atoms with van der Waals surface area (Å²) in [5, 5.41) is 13.0. The Hall–Kier alpha value is -0.650. The number of aliphatic hydroxyl groups excluding tert-OH is 1. The summed E-state index contributed by atoms with van der Waals surface area (Å²) in [6.45, 7) is 5.89. The Morgan fingerprint density at radius 2 is 2.18 bits per heavy atom. The summed E-state index contributed by atoms with van der Waals surface area (Å²) in [6, 6.07) is 3.47.